The van der Waals surface area contributed by atoms with Gasteiger partial charge in [-0.15, -0.1) is 0 Å². The first-order valence-electron chi connectivity index (χ1n) is 5.94. The van der Waals surface area contributed by atoms with Gasteiger partial charge in [0.2, 0.25) is 11.8 Å². The van der Waals surface area contributed by atoms with Crippen molar-refractivity contribution in [3.05, 3.63) is 46.6 Å². The van der Waals surface area contributed by atoms with Gasteiger partial charge in [0.25, 0.3) is 0 Å². The maximum absolute atomic E-state index is 11.6. The molecule has 1 aromatic carbocycles. The van der Waals surface area contributed by atoms with Gasteiger partial charge < -0.3 is 9.84 Å². The Morgan fingerprint density at radius 2 is 2.32 bits per heavy atom. The average Bonchev–Trinajstić information content (AvgIpc) is 2.80. The highest BCUT2D eigenvalue weighted by Crippen LogP contribution is 2.10. The Bertz CT molecular complexity index is 569. The minimum absolute atomic E-state index is 0.0594. The quantitative estimate of drug-likeness (QED) is 0.912. The summed E-state index contributed by atoms with van der Waals surface area (Å²) in [6.45, 7) is 2.20. The van der Waals surface area contributed by atoms with Gasteiger partial charge in [0.1, 0.15) is 0 Å². The lowest BCUT2D eigenvalue weighted by molar-refractivity contribution is -0.121. The van der Waals surface area contributed by atoms with E-state index in [2.05, 4.69) is 15.5 Å². The molecule has 5 nitrogen and oxygen atoms in total. The van der Waals surface area contributed by atoms with Gasteiger partial charge in [-0.25, -0.2) is 0 Å². The molecule has 1 amide bonds. The molecule has 1 N–H and O–H groups in total. The van der Waals surface area contributed by atoms with E-state index in [1.165, 1.54) is 0 Å². The van der Waals surface area contributed by atoms with Gasteiger partial charge in [0.15, 0.2) is 5.82 Å². The number of rotatable bonds is 5. The number of aromatic nitrogens is 2. The largest absolute Gasteiger partial charge is 0.352 e. The second-order valence-corrected chi connectivity index (χ2v) is 4.58. The smallest absolute Gasteiger partial charge is 0.227 e. The van der Waals surface area contributed by atoms with E-state index in [0.717, 1.165) is 5.56 Å². The molecule has 0 radical (unpaired) electrons. The van der Waals surface area contributed by atoms with Crippen LogP contribution in [0.15, 0.2) is 28.8 Å². The van der Waals surface area contributed by atoms with Gasteiger partial charge in [0.05, 0.1) is 0 Å². The number of amides is 1. The molecule has 2 rings (SSSR count). The summed E-state index contributed by atoms with van der Waals surface area (Å²) in [5.41, 5.74) is 0.967. The van der Waals surface area contributed by atoms with Crippen LogP contribution in [0.25, 0.3) is 0 Å². The number of hydrogen-bond donors (Lipinski definition) is 1. The standard InChI is InChI=1S/C13H14ClN3O2/c1-9-16-13(19-17-9)6-5-12(18)15-8-10-3-2-4-11(14)7-10/h2-4,7H,5-6,8H2,1H3,(H,15,18). The zero-order chi connectivity index (χ0) is 13.7. The summed E-state index contributed by atoms with van der Waals surface area (Å²) in [6.07, 6.45) is 0.768. The summed E-state index contributed by atoms with van der Waals surface area (Å²) in [4.78, 5) is 15.7. The Morgan fingerprint density at radius 3 is 3.00 bits per heavy atom. The van der Waals surface area contributed by atoms with Crippen LogP contribution in [-0.4, -0.2) is 16.0 Å². The highest BCUT2D eigenvalue weighted by atomic mass is 35.5. The fourth-order valence-corrected chi connectivity index (χ4v) is 1.81. The minimum Gasteiger partial charge on any atom is -0.352 e. The van der Waals surface area contributed by atoms with Crippen molar-refractivity contribution >= 4 is 17.5 Å². The number of carbonyl (C=O) groups excluding carboxylic acids is 1. The number of hydrogen-bond acceptors (Lipinski definition) is 4. The van der Waals surface area contributed by atoms with E-state index in [4.69, 9.17) is 16.1 Å². The van der Waals surface area contributed by atoms with Crippen molar-refractivity contribution in [3.63, 3.8) is 0 Å². The van der Waals surface area contributed by atoms with Gasteiger partial charge in [-0.05, 0) is 24.6 Å². The lowest BCUT2D eigenvalue weighted by atomic mass is 10.2. The molecule has 0 unspecified atom stereocenters. The Labute approximate surface area is 116 Å². The molecule has 0 aliphatic heterocycles. The molecule has 0 aliphatic carbocycles. The van der Waals surface area contributed by atoms with E-state index in [9.17, 15) is 4.79 Å². The highest BCUT2D eigenvalue weighted by molar-refractivity contribution is 6.30. The summed E-state index contributed by atoms with van der Waals surface area (Å²) in [6, 6.07) is 7.38. The van der Waals surface area contributed by atoms with Crippen molar-refractivity contribution in [2.24, 2.45) is 0 Å². The summed E-state index contributed by atoms with van der Waals surface area (Å²) >= 11 is 5.86. The first kappa shape index (κ1) is 13.5. The maximum atomic E-state index is 11.6. The maximum Gasteiger partial charge on any atom is 0.227 e. The van der Waals surface area contributed by atoms with Crippen LogP contribution in [0.1, 0.15) is 23.7 Å². The second-order valence-electron chi connectivity index (χ2n) is 4.14. The van der Waals surface area contributed by atoms with Crippen molar-refractivity contribution in [3.8, 4) is 0 Å². The number of aryl methyl sites for hydroxylation is 2. The molecular formula is C13H14ClN3O2. The van der Waals surface area contributed by atoms with Crippen molar-refractivity contribution in [2.45, 2.75) is 26.3 Å². The topological polar surface area (TPSA) is 68.0 Å². The molecular weight excluding hydrogens is 266 g/mol. The Balaban J connectivity index is 1.75. The number of carbonyl (C=O) groups is 1. The van der Waals surface area contributed by atoms with E-state index < -0.39 is 0 Å². The molecule has 0 aliphatic rings. The van der Waals surface area contributed by atoms with Gasteiger partial charge in [-0.3, -0.25) is 4.79 Å². The predicted molar refractivity (Wildman–Crippen MR) is 70.7 cm³/mol. The van der Waals surface area contributed by atoms with Gasteiger partial charge in [0, 0.05) is 24.4 Å². The summed E-state index contributed by atoms with van der Waals surface area (Å²) in [5.74, 6) is 1.00. The van der Waals surface area contributed by atoms with E-state index in [-0.39, 0.29) is 5.91 Å². The third kappa shape index (κ3) is 4.37. The van der Waals surface area contributed by atoms with Crippen LogP contribution >= 0.6 is 11.6 Å². The molecule has 1 heterocycles. The molecule has 6 heteroatoms. The Morgan fingerprint density at radius 1 is 1.47 bits per heavy atom. The molecule has 19 heavy (non-hydrogen) atoms. The Hall–Kier alpha value is -1.88. The summed E-state index contributed by atoms with van der Waals surface area (Å²) in [7, 11) is 0. The minimum atomic E-state index is -0.0594. The van der Waals surface area contributed by atoms with Crippen molar-refractivity contribution in [1.29, 1.82) is 0 Å². The predicted octanol–water partition coefficient (Wildman–Crippen LogP) is 2.28. The Kier molecular flexibility index (Phi) is 4.52. The van der Waals surface area contributed by atoms with E-state index in [1.807, 2.05) is 18.2 Å². The molecule has 0 saturated heterocycles. The van der Waals surface area contributed by atoms with Crippen LogP contribution in [0.3, 0.4) is 0 Å². The zero-order valence-corrected chi connectivity index (χ0v) is 11.3. The number of nitrogens with one attached hydrogen (secondary N) is 1. The van der Waals surface area contributed by atoms with Crippen LogP contribution in [-0.2, 0) is 17.8 Å². The molecule has 1 aromatic heterocycles. The van der Waals surface area contributed by atoms with E-state index in [0.29, 0.717) is 36.1 Å². The first-order valence-corrected chi connectivity index (χ1v) is 6.31. The molecule has 0 saturated carbocycles. The van der Waals surface area contributed by atoms with Crippen LogP contribution in [0.4, 0.5) is 0 Å². The zero-order valence-electron chi connectivity index (χ0n) is 10.5. The SMILES string of the molecule is Cc1noc(CCC(=O)NCc2cccc(Cl)c2)n1. The molecule has 0 bridgehead atoms. The lowest BCUT2D eigenvalue weighted by Gasteiger charge is -2.04. The fourth-order valence-electron chi connectivity index (χ4n) is 1.60. The van der Waals surface area contributed by atoms with E-state index >= 15 is 0 Å². The van der Waals surface area contributed by atoms with Crippen molar-refractivity contribution in [2.75, 3.05) is 0 Å². The van der Waals surface area contributed by atoms with Crippen LogP contribution in [0.5, 0.6) is 0 Å². The monoisotopic (exact) mass is 279 g/mol. The van der Waals surface area contributed by atoms with Crippen LogP contribution in [0, 0.1) is 6.92 Å². The number of halogens is 1. The molecule has 100 valence electrons. The van der Waals surface area contributed by atoms with E-state index in [1.54, 1.807) is 13.0 Å². The highest BCUT2D eigenvalue weighted by Gasteiger charge is 2.07. The fraction of sp³-hybridized carbons (Fsp3) is 0.308. The van der Waals surface area contributed by atoms with Crippen molar-refractivity contribution < 1.29 is 9.32 Å². The average molecular weight is 280 g/mol. The number of benzene rings is 1. The van der Waals surface area contributed by atoms with Crippen LogP contribution in [0.2, 0.25) is 5.02 Å². The lowest BCUT2D eigenvalue weighted by Crippen LogP contribution is -2.23. The number of nitrogens with zero attached hydrogens (tertiary/aromatic N) is 2. The second kappa shape index (κ2) is 6.33. The molecule has 2 aromatic rings. The molecule has 0 fully saturated rings. The third-order valence-electron chi connectivity index (χ3n) is 2.51. The molecule has 0 atom stereocenters. The summed E-state index contributed by atoms with van der Waals surface area (Å²) < 4.78 is 4.93. The van der Waals surface area contributed by atoms with Crippen molar-refractivity contribution in [1.82, 2.24) is 15.5 Å². The normalized spacial score (nSPS) is 10.4. The van der Waals surface area contributed by atoms with Crippen LogP contribution < -0.4 is 5.32 Å². The van der Waals surface area contributed by atoms with Gasteiger partial charge in [-0.1, -0.05) is 28.9 Å². The summed E-state index contributed by atoms with van der Waals surface area (Å²) in [5, 5.41) is 7.14. The molecule has 0 spiro atoms. The van der Waals surface area contributed by atoms with Gasteiger partial charge >= 0.3 is 0 Å². The third-order valence-corrected chi connectivity index (χ3v) is 2.75. The van der Waals surface area contributed by atoms with Gasteiger partial charge in [-0.2, -0.15) is 4.98 Å². The first-order chi connectivity index (χ1) is 9.13.